The molecule has 84 valence electrons. The van der Waals surface area contributed by atoms with Crippen molar-refractivity contribution in [2.45, 2.75) is 19.2 Å². The van der Waals surface area contributed by atoms with E-state index in [-0.39, 0.29) is 17.9 Å². The van der Waals surface area contributed by atoms with E-state index in [1.165, 1.54) is 31.2 Å². The second-order valence-electron chi connectivity index (χ2n) is 2.97. The highest BCUT2D eigenvalue weighted by Gasteiger charge is 2.41. The lowest BCUT2D eigenvalue weighted by Gasteiger charge is -2.20. The molecule has 1 rings (SSSR count). The van der Waals surface area contributed by atoms with Crippen LogP contribution in [-0.4, -0.2) is 17.9 Å². The molecule has 0 aliphatic rings. The minimum atomic E-state index is -4.44. The quantitative estimate of drug-likeness (QED) is 0.848. The largest absolute Gasteiger partial charge is 0.508 e. The average Bonchev–Trinajstić information content (AvgIpc) is 2.14. The second-order valence-corrected chi connectivity index (χ2v) is 2.97. The van der Waals surface area contributed by atoms with E-state index in [9.17, 15) is 13.2 Å². The highest BCUT2D eigenvalue weighted by Crippen LogP contribution is 2.36. The first-order valence-corrected chi connectivity index (χ1v) is 4.42. The van der Waals surface area contributed by atoms with Gasteiger partial charge in [-0.15, -0.1) is 0 Å². The Labute approximate surface area is 85.3 Å². The van der Waals surface area contributed by atoms with Gasteiger partial charge >= 0.3 is 6.18 Å². The summed E-state index contributed by atoms with van der Waals surface area (Å²) in [5.41, 5.74) is -0.0119. The van der Waals surface area contributed by atoms with Crippen LogP contribution in [0.4, 0.5) is 13.2 Å². The van der Waals surface area contributed by atoms with Crippen LogP contribution in [0, 0.1) is 0 Å². The molecule has 1 aromatic carbocycles. The summed E-state index contributed by atoms with van der Waals surface area (Å²) < 4.78 is 42.1. The van der Waals surface area contributed by atoms with E-state index in [2.05, 4.69) is 4.74 Å². The number of rotatable bonds is 3. The topological polar surface area (TPSA) is 29.5 Å². The number of hydrogen-bond acceptors (Lipinski definition) is 2. The smallest absolute Gasteiger partial charge is 0.418 e. The number of alkyl halides is 3. The Morgan fingerprint density at radius 1 is 1.27 bits per heavy atom. The van der Waals surface area contributed by atoms with Crippen molar-refractivity contribution < 1.29 is 23.0 Å². The molecular formula is C10H11F3O2. The molecule has 0 saturated carbocycles. The monoisotopic (exact) mass is 220 g/mol. The second kappa shape index (κ2) is 4.53. The molecule has 1 atom stereocenters. The van der Waals surface area contributed by atoms with Crippen LogP contribution in [0.3, 0.4) is 0 Å². The number of phenols is 1. The fourth-order valence-corrected chi connectivity index (χ4v) is 1.20. The number of halogens is 3. The lowest BCUT2D eigenvalue weighted by atomic mass is 10.1. The van der Waals surface area contributed by atoms with Crippen molar-refractivity contribution in [1.82, 2.24) is 0 Å². The summed E-state index contributed by atoms with van der Waals surface area (Å²) in [6.07, 6.45) is -6.37. The van der Waals surface area contributed by atoms with Crippen LogP contribution in [0.5, 0.6) is 5.75 Å². The van der Waals surface area contributed by atoms with E-state index in [1.54, 1.807) is 0 Å². The lowest BCUT2D eigenvalue weighted by molar-refractivity contribution is -0.222. The third kappa shape index (κ3) is 3.13. The maximum atomic E-state index is 12.5. The summed E-state index contributed by atoms with van der Waals surface area (Å²) in [6, 6.07) is 4.80. The predicted octanol–water partition coefficient (Wildman–Crippen LogP) is 3.03. The summed E-state index contributed by atoms with van der Waals surface area (Å²) >= 11 is 0. The normalized spacial score (nSPS) is 13.9. The lowest BCUT2D eigenvalue weighted by Crippen LogP contribution is -2.23. The van der Waals surface area contributed by atoms with Crippen LogP contribution in [0.1, 0.15) is 18.6 Å². The van der Waals surface area contributed by atoms with Crippen molar-refractivity contribution in [3.8, 4) is 5.75 Å². The Morgan fingerprint density at radius 3 is 2.20 bits per heavy atom. The molecule has 1 N–H and O–H groups in total. The van der Waals surface area contributed by atoms with Gasteiger partial charge in [-0.05, 0) is 24.6 Å². The number of ether oxygens (including phenoxy) is 1. The standard InChI is InChI=1S/C10H11F3O2/c1-2-15-9(10(11,12)13)7-3-5-8(14)6-4-7/h3-6,9,14H,2H2,1H3. The zero-order chi connectivity index (χ0) is 11.5. The molecule has 1 aromatic rings. The molecule has 0 radical (unpaired) electrons. The highest BCUT2D eigenvalue weighted by atomic mass is 19.4. The van der Waals surface area contributed by atoms with Gasteiger partial charge < -0.3 is 9.84 Å². The first kappa shape index (κ1) is 11.8. The third-order valence-electron chi connectivity index (χ3n) is 1.83. The van der Waals surface area contributed by atoms with Gasteiger partial charge in [0.25, 0.3) is 0 Å². The molecule has 5 heteroatoms. The van der Waals surface area contributed by atoms with Crippen molar-refractivity contribution in [2.75, 3.05) is 6.61 Å². The van der Waals surface area contributed by atoms with Gasteiger partial charge in [-0.25, -0.2) is 0 Å². The van der Waals surface area contributed by atoms with Gasteiger partial charge in [0, 0.05) is 6.61 Å². The number of hydrogen-bond donors (Lipinski definition) is 1. The molecule has 0 saturated heterocycles. The third-order valence-corrected chi connectivity index (χ3v) is 1.83. The average molecular weight is 220 g/mol. The maximum absolute atomic E-state index is 12.5. The van der Waals surface area contributed by atoms with Gasteiger partial charge in [-0.1, -0.05) is 12.1 Å². The molecule has 15 heavy (non-hydrogen) atoms. The van der Waals surface area contributed by atoms with Crippen LogP contribution < -0.4 is 0 Å². The maximum Gasteiger partial charge on any atom is 0.418 e. The first-order chi connectivity index (χ1) is 6.95. The first-order valence-electron chi connectivity index (χ1n) is 4.42. The van der Waals surface area contributed by atoms with Crippen molar-refractivity contribution in [2.24, 2.45) is 0 Å². The van der Waals surface area contributed by atoms with Crippen molar-refractivity contribution in [3.63, 3.8) is 0 Å². The Morgan fingerprint density at radius 2 is 1.80 bits per heavy atom. The van der Waals surface area contributed by atoms with Crippen LogP contribution in [0.2, 0.25) is 0 Å². The molecule has 0 aliphatic heterocycles. The summed E-state index contributed by atoms with van der Waals surface area (Å²) in [7, 11) is 0. The molecule has 0 bridgehead atoms. The predicted molar refractivity (Wildman–Crippen MR) is 48.5 cm³/mol. The van der Waals surface area contributed by atoms with E-state index < -0.39 is 12.3 Å². The molecule has 0 aromatic heterocycles. The van der Waals surface area contributed by atoms with Crippen LogP contribution in [-0.2, 0) is 4.74 Å². The summed E-state index contributed by atoms with van der Waals surface area (Å²) in [6.45, 7) is 1.48. The number of benzene rings is 1. The molecule has 0 aliphatic carbocycles. The molecule has 0 spiro atoms. The molecule has 2 nitrogen and oxygen atoms in total. The van der Waals surface area contributed by atoms with E-state index in [4.69, 9.17) is 5.11 Å². The zero-order valence-corrected chi connectivity index (χ0v) is 8.08. The molecule has 0 fully saturated rings. The van der Waals surface area contributed by atoms with E-state index in [1.807, 2.05) is 0 Å². The van der Waals surface area contributed by atoms with E-state index in [0.717, 1.165) is 0 Å². The van der Waals surface area contributed by atoms with Gasteiger partial charge in [-0.2, -0.15) is 13.2 Å². The van der Waals surface area contributed by atoms with Gasteiger partial charge in [0.15, 0.2) is 6.10 Å². The van der Waals surface area contributed by atoms with Crippen molar-refractivity contribution in [3.05, 3.63) is 29.8 Å². The Balaban J connectivity index is 2.94. The van der Waals surface area contributed by atoms with Crippen molar-refractivity contribution in [1.29, 1.82) is 0 Å². The fraction of sp³-hybridized carbons (Fsp3) is 0.400. The molecule has 1 unspecified atom stereocenters. The Kier molecular flexibility index (Phi) is 3.57. The van der Waals surface area contributed by atoms with Crippen molar-refractivity contribution >= 4 is 0 Å². The Hall–Kier alpha value is -1.23. The zero-order valence-electron chi connectivity index (χ0n) is 8.08. The summed E-state index contributed by atoms with van der Waals surface area (Å²) in [4.78, 5) is 0. The minimum Gasteiger partial charge on any atom is -0.508 e. The van der Waals surface area contributed by atoms with E-state index in [0.29, 0.717) is 0 Å². The van der Waals surface area contributed by atoms with Crippen LogP contribution >= 0.6 is 0 Å². The number of aromatic hydroxyl groups is 1. The molecule has 0 heterocycles. The van der Waals surface area contributed by atoms with Crippen LogP contribution in [0.25, 0.3) is 0 Å². The van der Waals surface area contributed by atoms with Gasteiger partial charge in [0.2, 0.25) is 0 Å². The molecule has 0 amide bonds. The highest BCUT2D eigenvalue weighted by molar-refractivity contribution is 5.28. The van der Waals surface area contributed by atoms with Gasteiger partial charge in [0.05, 0.1) is 0 Å². The SMILES string of the molecule is CCOC(c1ccc(O)cc1)C(F)(F)F. The van der Waals surface area contributed by atoms with E-state index >= 15 is 0 Å². The summed E-state index contributed by atoms with van der Waals surface area (Å²) in [5, 5.41) is 8.95. The van der Waals surface area contributed by atoms with Gasteiger partial charge in [-0.3, -0.25) is 0 Å². The minimum absolute atomic E-state index is 0.0119. The fourth-order valence-electron chi connectivity index (χ4n) is 1.20. The Bertz CT molecular complexity index is 305. The summed E-state index contributed by atoms with van der Waals surface area (Å²) in [5.74, 6) is -0.0730. The molecular weight excluding hydrogens is 209 g/mol. The number of phenolic OH excluding ortho intramolecular Hbond substituents is 1. The van der Waals surface area contributed by atoms with Crippen LogP contribution in [0.15, 0.2) is 24.3 Å². The van der Waals surface area contributed by atoms with Gasteiger partial charge in [0.1, 0.15) is 5.75 Å².